The van der Waals surface area contributed by atoms with E-state index in [0.717, 1.165) is 23.9 Å². The van der Waals surface area contributed by atoms with Gasteiger partial charge in [0.1, 0.15) is 0 Å². The van der Waals surface area contributed by atoms with Gasteiger partial charge in [0.05, 0.1) is 10.5 Å². The number of benzene rings is 1. The SMILES string of the molecule is CCNC(=NCCc1ccc(Cl)cc1)N1CCS(=O)(=O)C(C)(C)C1.I. The van der Waals surface area contributed by atoms with Crippen LogP contribution in [-0.2, 0) is 16.3 Å². The molecule has 0 bridgehead atoms. The van der Waals surface area contributed by atoms with Crippen molar-refractivity contribution in [1.82, 2.24) is 10.2 Å². The minimum atomic E-state index is -3.05. The van der Waals surface area contributed by atoms with E-state index in [1.54, 1.807) is 13.8 Å². The molecule has 1 fully saturated rings. The molecule has 1 heterocycles. The fraction of sp³-hybridized carbons (Fsp3) is 0.588. The third kappa shape index (κ3) is 5.99. The molecule has 25 heavy (non-hydrogen) atoms. The molecule has 1 N–H and O–H groups in total. The zero-order chi connectivity index (χ0) is 17.8. The first-order valence-corrected chi connectivity index (χ1v) is 10.3. The molecule has 2 rings (SSSR count). The van der Waals surface area contributed by atoms with Crippen LogP contribution in [0.5, 0.6) is 0 Å². The van der Waals surface area contributed by atoms with Crippen LogP contribution < -0.4 is 5.32 Å². The van der Waals surface area contributed by atoms with Crippen molar-refractivity contribution in [1.29, 1.82) is 0 Å². The molecule has 1 aromatic rings. The Kier molecular flexibility index (Phi) is 8.47. The van der Waals surface area contributed by atoms with E-state index in [1.165, 1.54) is 5.56 Å². The van der Waals surface area contributed by atoms with E-state index in [2.05, 4.69) is 10.3 Å². The Morgan fingerprint density at radius 1 is 1.32 bits per heavy atom. The molecule has 0 aliphatic carbocycles. The van der Waals surface area contributed by atoms with Gasteiger partial charge >= 0.3 is 0 Å². The lowest BCUT2D eigenvalue weighted by Crippen LogP contribution is -2.57. The van der Waals surface area contributed by atoms with E-state index in [-0.39, 0.29) is 29.7 Å². The van der Waals surface area contributed by atoms with Gasteiger partial charge in [-0.15, -0.1) is 24.0 Å². The summed E-state index contributed by atoms with van der Waals surface area (Å²) in [5.41, 5.74) is 1.18. The third-order valence-corrected chi connectivity index (χ3v) is 7.04. The largest absolute Gasteiger partial charge is 0.357 e. The Hall–Kier alpha value is -0.540. The number of guanidine groups is 1. The minimum absolute atomic E-state index is 0. The van der Waals surface area contributed by atoms with Crippen molar-refractivity contribution in [2.24, 2.45) is 4.99 Å². The topological polar surface area (TPSA) is 61.8 Å². The number of hydrogen-bond acceptors (Lipinski definition) is 3. The summed E-state index contributed by atoms with van der Waals surface area (Å²) in [4.78, 5) is 6.72. The van der Waals surface area contributed by atoms with E-state index < -0.39 is 14.6 Å². The Bertz CT molecular complexity index is 690. The molecule has 1 aromatic carbocycles. The van der Waals surface area contributed by atoms with Gasteiger partial charge in [0.2, 0.25) is 0 Å². The second kappa shape index (κ2) is 9.41. The number of sulfone groups is 1. The van der Waals surface area contributed by atoms with E-state index >= 15 is 0 Å². The lowest BCUT2D eigenvalue weighted by molar-refractivity contribution is 0.353. The van der Waals surface area contributed by atoms with Crippen LogP contribution in [0.2, 0.25) is 5.02 Å². The van der Waals surface area contributed by atoms with Gasteiger partial charge in [-0.05, 0) is 44.9 Å². The molecule has 0 radical (unpaired) electrons. The average Bonchev–Trinajstić information content (AvgIpc) is 2.51. The smallest absolute Gasteiger partial charge is 0.194 e. The van der Waals surface area contributed by atoms with Crippen molar-refractivity contribution in [2.75, 3.05) is 31.9 Å². The van der Waals surface area contributed by atoms with Crippen LogP contribution in [0.15, 0.2) is 29.3 Å². The molecule has 0 unspecified atom stereocenters. The second-order valence-electron chi connectivity index (χ2n) is 6.61. The molecular formula is C17H27ClIN3O2S. The van der Waals surface area contributed by atoms with Crippen molar-refractivity contribution in [3.63, 3.8) is 0 Å². The maximum absolute atomic E-state index is 12.2. The zero-order valence-electron chi connectivity index (χ0n) is 15.0. The minimum Gasteiger partial charge on any atom is -0.357 e. The first kappa shape index (κ1) is 22.5. The fourth-order valence-electron chi connectivity index (χ4n) is 2.69. The number of rotatable bonds is 4. The first-order valence-electron chi connectivity index (χ1n) is 8.25. The van der Waals surface area contributed by atoms with Crippen molar-refractivity contribution >= 4 is 51.4 Å². The Morgan fingerprint density at radius 2 is 1.96 bits per heavy atom. The molecule has 0 amide bonds. The van der Waals surface area contributed by atoms with E-state index in [4.69, 9.17) is 11.6 Å². The Morgan fingerprint density at radius 3 is 2.52 bits per heavy atom. The predicted molar refractivity (Wildman–Crippen MR) is 116 cm³/mol. The van der Waals surface area contributed by atoms with Gasteiger partial charge in [0, 0.05) is 31.2 Å². The molecule has 0 atom stereocenters. The van der Waals surface area contributed by atoms with Crippen molar-refractivity contribution in [2.45, 2.75) is 31.9 Å². The predicted octanol–water partition coefficient (Wildman–Crippen LogP) is 2.98. The number of hydrogen-bond donors (Lipinski definition) is 1. The summed E-state index contributed by atoms with van der Waals surface area (Å²) in [6.45, 7) is 7.93. The molecule has 0 aromatic heterocycles. The molecule has 1 saturated heterocycles. The maximum Gasteiger partial charge on any atom is 0.194 e. The summed E-state index contributed by atoms with van der Waals surface area (Å²) in [7, 11) is -3.05. The molecule has 5 nitrogen and oxygen atoms in total. The Labute approximate surface area is 173 Å². The summed E-state index contributed by atoms with van der Waals surface area (Å²) in [6.07, 6.45) is 0.821. The fourth-order valence-corrected chi connectivity index (χ4v) is 4.18. The highest BCUT2D eigenvalue weighted by Gasteiger charge is 2.40. The van der Waals surface area contributed by atoms with Crippen molar-refractivity contribution in [3.05, 3.63) is 34.9 Å². The van der Waals surface area contributed by atoms with Gasteiger partial charge in [0.25, 0.3) is 0 Å². The molecule has 0 saturated carbocycles. The maximum atomic E-state index is 12.2. The highest BCUT2D eigenvalue weighted by Crippen LogP contribution is 2.23. The molecule has 8 heteroatoms. The van der Waals surface area contributed by atoms with Gasteiger partial charge in [-0.1, -0.05) is 23.7 Å². The third-order valence-electron chi connectivity index (χ3n) is 4.25. The van der Waals surface area contributed by atoms with Crippen LogP contribution in [-0.4, -0.2) is 56.0 Å². The van der Waals surface area contributed by atoms with Gasteiger partial charge in [-0.2, -0.15) is 0 Å². The van der Waals surface area contributed by atoms with Gasteiger partial charge in [0.15, 0.2) is 15.8 Å². The van der Waals surface area contributed by atoms with E-state index in [9.17, 15) is 8.42 Å². The van der Waals surface area contributed by atoms with Crippen LogP contribution in [0.3, 0.4) is 0 Å². The van der Waals surface area contributed by atoms with E-state index in [0.29, 0.717) is 19.6 Å². The van der Waals surface area contributed by atoms with Crippen molar-refractivity contribution < 1.29 is 8.42 Å². The lowest BCUT2D eigenvalue weighted by Gasteiger charge is -2.39. The molecule has 0 spiro atoms. The van der Waals surface area contributed by atoms with Crippen LogP contribution in [0.4, 0.5) is 0 Å². The van der Waals surface area contributed by atoms with Crippen LogP contribution in [0.25, 0.3) is 0 Å². The van der Waals surface area contributed by atoms with Crippen LogP contribution in [0.1, 0.15) is 26.3 Å². The highest BCUT2D eigenvalue weighted by molar-refractivity contribution is 14.0. The molecular weight excluding hydrogens is 473 g/mol. The van der Waals surface area contributed by atoms with E-state index in [1.807, 2.05) is 36.1 Å². The molecule has 142 valence electrons. The monoisotopic (exact) mass is 499 g/mol. The normalized spacial score (nSPS) is 19.2. The van der Waals surface area contributed by atoms with Gasteiger partial charge in [-0.25, -0.2) is 8.42 Å². The van der Waals surface area contributed by atoms with Gasteiger partial charge in [-0.3, -0.25) is 4.99 Å². The average molecular weight is 500 g/mol. The summed E-state index contributed by atoms with van der Waals surface area (Å²) in [5.74, 6) is 0.955. The standard InChI is InChI=1S/C17H26ClN3O2S.HI/c1-4-19-16(20-10-9-14-5-7-15(18)8-6-14)21-11-12-24(22,23)17(2,3)13-21;/h5-8H,4,9-13H2,1-3H3,(H,19,20);1H. The Balaban J connectivity index is 0.00000312. The summed E-state index contributed by atoms with van der Waals surface area (Å²) >= 11 is 5.90. The summed E-state index contributed by atoms with van der Waals surface area (Å²) in [5, 5.41) is 4.00. The number of halogens is 2. The number of nitrogens with one attached hydrogen (secondary N) is 1. The van der Waals surface area contributed by atoms with Crippen LogP contribution in [0, 0.1) is 0 Å². The van der Waals surface area contributed by atoms with Gasteiger partial charge < -0.3 is 10.2 Å². The lowest BCUT2D eigenvalue weighted by atomic mass is 10.1. The number of aliphatic imine (C=N–C) groups is 1. The molecule has 1 aliphatic heterocycles. The zero-order valence-corrected chi connectivity index (χ0v) is 18.9. The van der Waals surface area contributed by atoms with Crippen molar-refractivity contribution in [3.8, 4) is 0 Å². The highest BCUT2D eigenvalue weighted by atomic mass is 127. The first-order chi connectivity index (χ1) is 11.2. The number of nitrogens with zero attached hydrogens (tertiary/aromatic N) is 2. The quantitative estimate of drug-likeness (QED) is 0.393. The van der Waals surface area contributed by atoms with Crippen LogP contribution >= 0.6 is 35.6 Å². The molecule has 1 aliphatic rings. The summed E-state index contributed by atoms with van der Waals surface area (Å²) in [6, 6.07) is 7.76. The summed E-state index contributed by atoms with van der Waals surface area (Å²) < 4.78 is 23.6. The second-order valence-corrected chi connectivity index (χ2v) is 9.79.